The molecule has 2 aromatic heterocycles. The zero-order chi connectivity index (χ0) is 44.3. The topological polar surface area (TPSA) is 21.3 Å². The molecule has 0 aliphatic rings. The molecule has 0 aliphatic carbocycles. The molecule has 0 aliphatic heterocycles. The maximum absolute atomic E-state index is 6.38. The molecule has 0 saturated carbocycles. The first-order valence-electron chi connectivity index (χ1n) is 22.9. The number of para-hydroxylation sites is 4. The van der Waals surface area contributed by atoms with E-state index in [4.69, 9.17) is 4.42 Å². The number of aromatic nitrogens is 1. The van der Waals surface area contributed by atoms with E-state index in [0.717, 1.165) is 61.4 Å². The number of hydrogen-bond donors (Lipinski definition) is 0. The third-order valence-electron chi connectivity index (χ3n) is 13.4. The molecular formula is C64H42N2O. The van der Waals surface area contributed by atoms with Gasteiger partial charge in [0.1, 0.15) is 11.2 Å². The molecule has 11 aromatic carbocycles. The monoisotopic (exact) mass is 854 g/mol. The molecule has 0 atom stereocenters. The predicted molar refractivity (Wildman–Crippen MR) is 282 cm³/mol. The van der Waals surface area contributed by atoms with Crippen molar-refractivity contribution in [2.75, 3.05) is 4.90 Å². The van der Waals surface area contributed by atoms with Crippen LogP contribution in [0.15, 0.2) is 259 Å². The van der Waals surface area contributed by atoms with Crippen molar-refractivity contribution in [3.05, 3.63) is 255 Å². The van der Waals surface area contributed by atoms with E-state index in [9.17, 15) is 0 Å². The van der Waals surface area contributed by atoms with Gasteiger partial charge in [-0.3, -0.25) is 0 Å². The molecule has 0 radical (unpaired) electrons. The number of hydrogen-bond acceptors (Lipinski definition) is 2. The van der Waals surface area contributed by atoms with Gasteiger partial charge in [0.15, 0.2) is 0 Å². The molecule has 0 bridgehead atoms. The van der Waals surface area contributed by atoms with Crippen LogP contribution in [0.3, 0.4) is 0 Å². The van der Waals surface area contributed by atoms with Gasteiger partial charge in [-0.2, -0.15) is 0 Å². The third-order valence-corrected chi connectivity index (χ3v) is 13.4. The Hall–Kier alpha value is -8.92. The summed E-state index contributed by atoms with van der Waals surface area (Å²) in [5.74, 6) is 0. The Labute approximate surface area is 388 Å². The fourth-order valence-electron chi connectivity index (χ4n) is 10.2. The second-order valence-corrected chi connectivity index (χ2v) is 17.3. The summed E-state index contributed by atoms with van der Waals surface area (Å²) >= 11 is 0. The normalized spacial score (nSPS) is 11.6. The van der Waals surface area contributed by atoms with Crippen molar-refractivity contribution in [3.8, 4) is 50.2 Å². The summed E-state index contributed by atoms with van der Waals surface area (Å²) in [6, 6.07) is 91.9. The van der Waals surface area contributed by atoms with E-state index in [0.29, 0.717) is 0 Å². The van der Waals surface area contributed by atoms with Gasteiger partial charge in [0.05, 0.1) is 16.7 Å². The average molecular weight is 855 g/mol. The Kier molecular flexibility index (Phi) is 9.17. The van der Waals surface area contributed by atoms with Gasteiger partial charge in [0, 0.05) is 44.2 Å². The summed E-state index contributed by atoms with van der Waals surface area (Å²) in [4.78, 5) is 2.39. The first kappa shape index (κ1) is 38.5. The van der Waals surface area contributed by atoms with E-state index in [-0.39, 0.29) is 0 Å². The molecule has 13 aromatic rings. The lowest BCUT2D eigenvalue weighted by molar-refractivity contribution is 0.669. The van der Waals surface area contributed by atoms with Crippen LogP contribution < -0.4 is 4.90 Å². The Morgan fingerprint density at radius 3 is 1.43 bits per heavy atom. The van der Waals surface area contributed by atoms with Crippen LogP contribution >= 0.6 is 0 Å². The summed E-state index contributed by atoms with van der Waals surface area (Å²) in [5, 5.41) is 7.25. The number of benzene rings is 11. The van der Waals surface area contributed by atoms with Crippen molar-refractivity contribution in [1.29, 1.82) is 0 Å². The van der Waals surface area contributed by atoms with Crippen LogP contribution in [-0.2, 0) is 0 Å². The molecule has 67 heavy (non-hydrogen) atoms. The van der Waals surface area contributed by atoms with Crippen LogP contribution in [0.5, 0.6) is 0 Å². The van der Waals surface area contributed by atoms with E-state index in [2.05, 4.69) is 258 Å². The lowest BCUT2D eigenvalue weighted by Crippen LogP contribution is -2.11. The molecule has 0 unspecified atom stereocenters. The standard InChI is InChI=1S/C64H42N2O/c1-2-13-49-42-50(29-28-43(49)12-1)48-34-38-52(39-35-48)65(59-19-7-5-16-56(59)57-18-11-23-63-64(57)58-17-6-10-22-62(58)67-63)51-36-30-46(31-37-51)44-24-26-45(27-25-44)47-32-40-53(41-33-47)66-60-20-8-3-14-54(60)55-15-4-9-21-61(55)66/h1-42H. The molecule has 2 heterocycles. The van der Waals surface area contributed by atoms with Crippen molar-refractivity contribution < 1.29 is 4.42 Å². The fraction of sp³-hybridized carbons (Fsp3) is 0. The number of nitrogens with zero attached hydrogens (tertiary/aromatic N) is 2. The minimum atomic E-state index is 0.881. The van der Waals surface area contributed by atoms with Crippen LogP contribution in [0.25, 0.3) is 105 Å². The molecule has 13 rings (SSSR count). The van der Waals surface area contributed by atoms with Gasteiger partial charge in [-0.25, -0.2) is 0 Å². The molecule has 0 saturated heterocycles. The second kappa shape index (κ2) is 16.0. The molecule has 314 valence electrons. The number of rotatable bonds is 8. The zero-order valence-corrected chi connectivity index (χ0v) is 36.6. The van der Waals surface area contributed by atoms with Gasteiger partial charge in [0.2, 0.25) is 0 Å². The van der Waals surface area contributed by atoms with Crippen molar-refractivity contribution in [2.24, 2.45) is 0 Å². The third kappa shape index (κ3) is 6.67. The average Bonchev–Trinajstić information content (AvgIpc) is 3.96. The Morgan fingerprint density at radius 2 is 0.776 bits per heavy atom. The Balaban J connectivity index is 0.852. The van der Waals surface area contributed by atoms with Gasteiger partial charge in [-0.05, 0) is 123 Å². The summed E-state index contributed by atoms with van der Waals surface area (Å²) in [6.07, 6.45) is 0. The second-order valence-electron chi connectivity index (χ2n) is 17.3. The van der Waals surface area contributed by atoms with Crippen LogP contribution in [0, 0.1) is 0 Å². The lowest BCUT2D eigenvalue weighted by atomic mass is 9.96. The van der Waals surface area contributed by atoms with Gasteiger partial charge in [-0.15, -0.1) is 0 Å². The van der Waals surface area contributed by atoms with E-state index >= 15 is 0 Å². The minimum Gasteiger partial charge on any atom is -0.456 e. The molecule has 3 heteroatoms. The molecule has 3 nitrogen and oxygen atoms in total. The van der Waals surface area contributed by atoms with Gasteiger partial charge >= 0.3 is 0 Å². The summed E-state index contributed by atoms with van der Waals surface area (Å²) < 4.78 is 8.75. The van der Waals surface area contributed by atoms with Gasteiger partial charge in [0.25, 0.3) is 0 Å². The summed E-state index contributed by atoms with van der Waals surface area (Å²) in [7, 11) is 0. The van der Waals surface area contributed by atoms with Crippen LogP contribution in [0.4, 0.5) is 17.1 Å². The predicted octanol–water partition coefficient (Wildman–Crippen LogP) is 18.0. The molecular weight excluding hydrogens is 813 g/mol. The highest BCUT2D eigenvalue weighted by Crippen LogP contribution is 2.45. The molecule has 0 spiro atoms. The van der Waals surface area contributed by atoms with Gasteiger partial charge < -0.3 is 13.9 Å². The lowest BCUT2D eigenvalue weighted by Gasteiger charge is -2.28. The smallest absolute Gasteiger partial charge is 0.136 e. The van der Waals surface area contributed by atoms with Crippen LogP contribution in [0.1, 0.15) is 0 Å². The first-order valence-corrected chi connectivity index (χ1v) is 22.9. The van der Waals surface area contributed by atoms with Crippen molar-refractivity contribution in [3.63, 3.8) is 0 Å². The van der Waals surface area contributed by atoms with E-state index in [1.807, 2.05) is 6.07 Å². The highest BCUT2D eigenvalue weighted by molar-refractivity contribution is 6.14. The maximum atomic E-state index is 6.38. The van der Waals surface area contributed by atoms with Crippen molar-refractivity contribution >= 4 is 71.6 Å². The van der Waals surface area contributed by atoms with Gasteiger partial charge in [-0.1, -0.05) is 182 Å². The highest BCUT2D eigenvalue weighted by atomic mass is 16.3. The minimum absolute atomic E-state index is 0.881. The van der Waals surface area contributed by atoms with E-state index < -0.39 is 0 Å². The fourth-order valence-corrected chi connectivity index (χ4v) is 10.2. The summed E-state index contributed by atoms with van der Waals surface area (Å²) in [5.41, 5.74) is 17.9. The number of furan rings is 1. The Morgan fingerprint density at radius 1 is 0.313 bits per heavy atom. The summed E-state index contributed by atoms with van der Waals surface area (Å²) in [6.45, 7) is 0. The number of anilines is 3. The van der Waals surface area contributed by atoms with E-state index in [1.54, 1.807) is 0 Å². The molecule has 0 amide bonds. The quantitative estimate of drug-likeness (QED) is 0.152. The zero-order valence-electron chi connectivity index (χ0n) is 36.6. The Bertz CT molecular complexity index is 3900. The van der Waals surface area contributed by atoms with Crippen molar-refractivity contribution in [2.45, 2.75) is 0 Å². The highest BCUT2D eigenvalue weighted by Gasteiger charge is 2.21. The molecule has 0 N–H and O–H groups in total. The van der Waals surface area contributed by atoms with Crippen LogP contribution in [-0.4, -0.2) is 4.57 Å². The largest absolute Gasteiger partial charge is 0.456 e. The first-order chi connectivity index (χ1) is 33.2. The van der Waals surface area contributed by atoms with Crippen molar-refractivity contribution in [1.82, 2.24) is 4.57 Å². The molecule has 0 fully saturated rings. The van der Waals surface area contributed by atoms with E-state index in [1.165, 1.54) is 60.4 Å². The SMILES string of the molecule is c1ccc(N(c2ccc(-c3ccc(-c4ccc(-n5c6ccccc6c6ccccc65)cc4)cc3)cc2)c2ccc(-c3ccc4ccccc4c3)cc2)c(-c2cccc3oc4ccccc4c23)c1. The van der Waals surface area contributed by atoms with Crippen LogP contribution in [0.2, 0.25) is 0 Å². The maximum Gasteiger partial charge on any atom is 0.136 e. The number of fused-ring (bicyclic) bond motifs is 7.